The first-order chi connectivity index (χ1) is 12.3. The minimum Gasteiger partial charge on any atom is -0.367 e. The van der Waals surface area contributed by atoms with Crippen LogP contribution in [-0.4, -0.2) is 34.4 Å². The van der Waals surface area contributed by atoms with Gasteiger partial charge in [0.15, 0.2) is 17.4 Å². The number of aromatic nitrogens is 2. The Kier molecular flexibility index (Phi) is 4.76. The molecule has 26 heavy (non-hydrogen) atoms. The van der Waals surface area contributed by atoms with Crippen LogP contribution in [-0.2, 0) is 15.1 Å². The molecule has 0 fully saturated rings. The SMILES string of the molecule is Cc1ccc(Br)cc1C1(C(N)=O)NC=NC1C(=O)Nc1n[nH]c(Cl)c1C. The van der Waals surface area contributed by atoms with Crippen molar-refractivity contribution < 1.29 is 9.59 Å². The zero-order valence-electron chi connectivity index (χ0n) is 13.9. The molecule has 3 rings (SSSR count). The van der Waals surface area contributed by atoms with Crippen LogP contribution in [0.1, 0.15) is 16.7 Å². The number of carbonyl (C=O) groups is 2. The van der Waals surface area contributed by atoms with Gasteiger partial charge in [0, 0.05) is 10.0 Å². The molecule has 2 atom stereocenters. The third-order valence-corrected chi connectivity index (χ3v) is 5.24. The molecule has 1 aromatic heterocycles. The molecule has 0 bridgehead atoms. The van der Waals surface area contributed by atoms with Gasteiger partial charge in [0.2, 0.25) is 0 Å². The van der Waals surface area contributed by atoms with Gasteiger partial charge in [0.25, 0.3) is 11.8 Å². The highest BCUT2D eigenvalue weighted by atomic mass is 79.9. The summed E-state index contributed by atoms with van der Waals surface area (Å²) in [4.78, 5) is 29.5. The Labute approximate surface area is 162 Å². The normalized spacial score (nSPS) is 21.5. The standard InChI is InChI=1S/C16H16BrClN6O2/c1-7-3-4-9(17)5-10(7)16(15(19)26)11(20-6-21-16)14(25)22-13-8(2)12(18)23-24-13/h3-6,11H,1-2H3,(H2,19,26)(H,20,21)(H2,22,23,24,25). The molecule has 0 spiro atoms. The number of primary amides is 1. The first-order valence-corrected chi connectivity index (χ1v) is 8.81. The van der Waals surface area contributed by atoms with Crippen LogP contribution in [0.15, 0.2) is 27.7 Å². The largest absolute Gasteiger partial charge is 0.367 e. The van der Waals surface area contributed by atoms with E-state index in [4.69, 9.17) is 17.3 Å². The summed E-state index contributed by atoms with van der Waals surface area (Å²) in [6.45, 7) is 3.54. The van der Waals surface area contributed by atoms with Crippen molar-refractivity contribution in [3.05, 3.63) is 44.5 Å². The molecule has 0 aliphatic carbocycles. The van der Waals surface area contributed by atoms with Crippen LogP contribution in [0.25, 0.3) is 0 Å². The van der Waals surface area contributed by atoms with E-state index < -0.39 is 23.4 Å². The molecule has 1 aromatic carbocycles. The molecule has 2 amide bonds. The molecule has 0 radical (unpaired) electrons. The maximum absolute atomic E-state index is 12.9. The lowest BCUT2D eigenvalue weighted by molar-refractivity contribution is -0.129. The second kappa shape index (κ2) is 6.73. The topological polar surface area (TPSA) is 125 Å². The number of hydrogen-bond acceptors (Lipinski definition) is 5. The van der Waals surface area contributed by atoms with Gasteiger partial charge < -0.3 is 16.4 Å². The summed E-state index contributed by atoms with van der Waals surface area (Å²) in [5.74, 6) is -0.977. The number of aliphatic imine (C=N–C) groups is 1. The highest BCUT2D eigenvalue weighted by Gasteiger charge is 2.53. The molecule has 0 saturated carbocycles. The van der Waals surface area contributed by atoms with E-state index in [0.717, 1.165) is 10.0 Å². The van der Waals surface area contributed by atoms with E-state index in [9.17, 15) is 9.59 Å². The van der Waals surface area contributed by atoms with Gasteiger partial charge in [-0.3, -0.25) is 19.7 Å². The van der Waals surface area contributed by atoms with Gasteiger partial charge in [-0.1, -0.05) is 33.6 Å². The summed E-state index contributed by atoms with van der Waals surface area (Å²) in [6, 6.07) is 4.31. The monoisotopic (exact) mass is 438 g/mol. The van der Waals surface area contributed by atoms with Gasteiger partial charge >= 0.3 is 0 Å². The smallest absolute Gasteiger partial charge is 0.253 e. The third kappa shape index (κ3) is 2.86. The Bertz CT molecular complexity index is 927. The van der Waals surface area contributed by atoms with E-state index in [1.54, 1.807) is 13.0 Å². The van der Waals surface area contributed by atoms with Gasteiger partial charge in [-0.15, -0.1) is 0 Å². The summed E-state index contributed by atoms with van der Waals surface area (Å²) in [7, 11) is 0. The van der Waals surface area contributed by atoms with Crippen molar-refractivity contribution in [3.63, 3.8) is 0 Å². The Morgan fingerprint density at radius 2 is 2.12 bits per heavy atom. The fourth-order valence-corrected chi connectivity index (χ4v) is 3.43. The molecule has 8 nitrogen and oxygen atoms in total. The van der Waals surface area contributed by atoms with Gasteiger partial charge in [-0.2, -0.15) is 5.10 Å². The number of benzene rings is 1. The number of amides is 2. The van der Waals surface area contributed by atoms with Crippen molar-refractivity contribution >= 4 is 51.5 Å². The second-order valence-corrected chi connectivity index (χ2v) is 7.25. The lowest BCUT2D eigenvalue weighted by Gasteiger charge is -2.32. The molecule has 5 N–H and O–H groups in total. The maximum atomic E-state index is 12.9. The van der Waals surface area contributed by atoms with E-state index in [1.165, 1.54) is 6.34 Å². The minimum atomic E-state index is -1.51. The molecule has 2 aromatic rings. The summed E-state index contributed by atoms with van der Waals surface area (Å²) >= 11 is 9.31. The average Bonchev–Trinajstić information content (AvgIpc) is 3.17. The molecule has 136 valence electrons. The van der Waals surface area contributed by atoms with Crippen molar-refractivity contribution in [1.82, 2.24) is 15.5 Å². The van der Waals surface area contributed by atoms with Gasteiger partial charge in [0.1, 0.15) is 5.15 Å². The Balaban J connectivity index is 2.03. The molecule has 2 heterocycles. The number of halogens is 2. The Morgan fingerprint density at radius 3 is 2.73 bits per heavy atom. The summed E-state index contributed by atoms with van der Waals surface area (Å²) < 4.78 is 0.751. The fraction of sp³-hybridized carbons (Fsp3) is 0.250. The lowest BCUT2D eigenvalue weighted by Crippen LogP contribution is -2.59. The molecular weight excluding hydrogens is 424 g/mol. The van der Waals surface area contributed by atoms with Crippen molar-refractivity contribution in [3.8, 4) is 0 Å². The number of hydrogen-bond donors (Lipinski definition) is 4. The number of anilines is 1. The first kappa shape index (κ1) is 18.4. The molecule has 0 saturated heterocycles. The minimum absolute atomic E-state index is 0.270. The number of aryl methyl sites for hydroxylation is 1. The quantitative estimate of drug-likeness (QED) is 0.579. The van der Waals surface area contributed by atoms with Crippen LogP contribution in [0.3, 0.4) is 0 Å². The predicted octanol–water partition coefficient (Wildman–Crippen LogP) is 1.76. The van der Waals surface area contributed by atoms with Crippen molar-refractivity contribution in [1.29, 1.82) is 0 Å². The van der Waals surface area contributed by atoms with E-state index in [1.807, 2.05) is 19.1 Å². The van der Waals surface area contributed by atoms with Crippen LogP contribution in [0.2, 0.25) is 5.15 Å². The third-order valence-electron chi connectivity index (χ3n) is 4.38. The molecule has 1 aliphatic rings. The van der Waals surface area contributed by atoms with Crippen molar-refractivity contribution in [2.45, 2.75) is 25.4 Å². The van der Waals surface area contributed by atoms with Crippen LogP contribution in [0.4, 0.5) is 5.82 Å². The number of H-pyrrole nitrogens is 1. The van der Waals surface area contributed by atoms with E-state index >= 15 is 0 Å². The second-order valence-electron chi connectivity index (χ2n) is 5.96. The molecule has 10 heteroatoms. The van der Waals surface area contributed by atoms with E-state index in [2.05, 4.69) is 41.8 Å². The van der Waals surface area contributed by atoms with Crippen LogP contribution in [0, 0.1) is 13.8 Å². The first-order valence-electron chi connectivity index (χ1n) is 7.64. The number of nitrogens with two attached hydrogens (primary N) is 1. The fourth-order valence-electron chi connectivity index (χ4n) is 2.93. The van der Waals surface area contributed by atoms with Gasteiger partial charge in [-0.05, 0) is 37.1 Å². The van der Waals surface area contributed by atoms with E-state index in [0.29, 0.717) is 16.3 Å². The van der Waals surface area contributed by atoms with Gasteiger partial charge in [0.05, 0.1) is 6.34 Å². The van der Waals surface area contributed by atoms with Crippen LogP contribution in [0.5, 0.6) is 0 Å². The number of nitrogens with zero attached hydrogens (tertiary/aromatic N) is 2. The zero-order valence-corrected chi connectivity index (χ0v) is 16.3. The summed E-state index contributed by atoms with van der Waals surface area (Å²) in [5.41, 5.74) is 6.15. The number of rotatable bonds is 4. The number of aromatic amines is 1. The van der Waals surface area contributed by atoms with Crippen molar-refractivity contribution in [2.24, 2.45) is 10.7 Å². The zero-order chi connectivity index (χ0) is 19.1. The number of carbonyl (C=O) groups excluding carboxylic acids is 2. The molecule has 2 unspecified atom stereocenters. The Hall–Kier alpha value is -2.39. The lowest BCUT2D eigenvalue weighted by atomic mass is 9.80. The van der Waals surface area contributed by atoms with Crippen LogP contribution >= 0.6 is 27.5 Å². The number of nitrogens with one attached hydrogen (secondary N) is 3. The predicted molar refractivity (Wildman–Crippen MR) is 102 cm³/mol. The Morgan fingerprint density at radius 1 is 1.38 bits per heavy atom. The summed E-state index contributed by atoms with van der Waals surface area (Å²) in [6.07, 6.45) is 1.32. The molecular formula is C16H16BrClN6O2. The van der Waals surface area contributed by atoms with Gasteiger partial charge in [-0.25, -0.2) is 0 Å². The highest BCUT2D eigenvalue weighted by molar-refractivity contribution is 9.10. The van der Waals surface area contributed by atoms with Crippen LogP contribution < -0.4 is 16.4 Å². The average molecular weight is 440 g/mol. The molecule has 1 aliphatic heterocycles. The summed E-state index contributed by atoms with van der Waals surface area (Å²) in [5, 5.41) is 12.4. The van der Waals surface area contributed by atoms with E-state index in [-0.39, 0.29) is 5.82 Å². The maximum Gasteiger partial charge on any atom is 0.253 e. The van der Waals surface area contributed by atoms with Crippen molar-refractivity contribution in [2.75, 3.05) is 5.32 Å². The highest BCUT2D eigenvalue weighted by Crippen LogP contribution is 2.34.